The summed E-state index contributed by atoms with van der Waals surface area (Å²) in [5, 5.41) is 9.77. The van der Waals surface area contributed by atoms with E-state index in [2.05, 4.69) is 17.0 Å². The molecule has 2 aromatic carbocycles. The highest BCUT2D eigenvalue weighted by molar-refractivity contribution is 5.66. The van der Waals surface area contributed by atoms with Crippen LogP contribution in [0, 0.1) is 0 Å². The average molecular weight is 227 g/mol. The fourth-order valence-corrected chi connectivity index (χ4v) is 1.94. The van der Waals surface area contributed by atoms with Gasteiger partial charge in [-0.15, -0.1) is 0 Å². The molecule has 2 nitrogen and oxygen atoms in total. The zero-order chi connectivity index (χ0) is 12.3. The number of para-hydroxylation sites is 2. The van der Waals surface area contributed by atoms with Gasteiger partial charge in [-0.1, -0.05) is 36.4 Å². The molecule has 0 aliphatic carbocycles. The molecule has 88 valence electrons. The molecule has 0 unspecified atom stereocenters. The Labute approximate surface area is 102 Å². The summed E-state index contributed by atoms with van der Waals surface area (Å²) in [6.45, 7) is 1.79. The molecule has 0 radical (unpaired) electrons. The van der Waals surface area contributed by atoms with Gasteiger partial charge >= 0.3 is 0 Å². The van der Waals surface area contributed by atoms with Crippen LogP contribution >= 0.6 is 0 Å². The second kappa shape index (κ2) is 5.02. The van der Waals surface area contributed by atoms with E-state index >= 15 is 0 Å². The molecule has 1 N–H and O–H groups in total. The van der Waals surface area contributed by atoms with Crippen molar-refractivity contribution in [3.8, 4) is 0 Å². The van der Waals surface area contributed by atoms with Crippen LogP contribution in [0.1, 0.15) is 18.6 Å². The van der Waals surface area contributed by atoms with Crippen molar-refractivity contribution in [2.45, 2.75) is 13.0 Å². The van der Waals surface area contributed by atoms with Crippen molar-refractivity contribution >= 4 is 11.4 Å². The van der Waals surface area contributed by atoms with Crippen LogP contribution in [0.3, 0.4) is 0 Å². The van der Waals surface area contributed by atoms with Gasteiger partial charge in [-0.3, -0.25) is 0 Å². The van der Waals surface area contributed by atoms with Gasteiger partial charge in [0.2, 0.25) is 0 Å². The van der Waals surface area contributed by atoms with Crippen molar-refractivity contribution in [1.82, 2.24) is 0 Å². The van der Waals surface area contributed by atoms with E-state index in [1.54, 1.807) is 6.92 Å². The first-order chi connectivity index (χ1) is 8.20. The predicted molar refractivity (Wildman–Crippen MR) is 71.6 cm³/mol. The second-order valence-corrected chi connectivity index (χ2v) is 4.13. The molecule has 2 aromatic rings. The summed E-state index contributed by atoms with van der Waals surface area (Å²) in [5.74, 6) is 0. The van der Waals surface area contributed by atoms with Gasteiger partial charge < -0.3 is 10.0 Å². The maximum Gasteiger partial charge on any atom is 0.0782 e. The maximum absolute atomic E-state index is 9.77. The van der Waals surface area contributed by atoms with E-state index in [1.807, 2.05) is 49.5 Å². The first-order valence-corrected chi connectivity index (χ1v) is 5.76. The Morgan fingerprint density at radius 1 is 0.941 bits per heavy atom. The Morgan fingerprint density at radius 3 is 2.18 bits per heavy atom. The van der Waals surface area contributed by atoms with Crippen LogP contribution in [0.2, 0.25) is 0 Å². The monoisotopic (exact) mass is 227 g/mol. The SMILES string of the molecule is C[C@@H](O)c1ccccc1N(C)c1ccccc1. The zero-order valence-corrected chi connectivity index (χ0v) is 10.2. The van der Waals surface area contributed by atoms with Gasteiger partial charge in [0.25, 0.3) is 0 Å². The van der Waals surface area contributed by atoms with Crippen LogP contribution in [-0.2, 0) is 0 Å². The Kier molecular flexibility index (Phi) is 3.45. The first kappa shape index (κ1) is 11.7. The largest absolute Gasteiger partial charge is 0.389 e. The van der Waals surface area contributed by atoms with E-state index in [4.69, 9.17) is 0 Å². The van der Waals surface area contributed by atoms with Gasteiger partial charge in [0, 0.05) is 24.0 Å². The molecule has 0 saturated carbocycles. The predicted octanol–water partition coefficient (Wildman–Crippen LogP) is 3.51. The minimum Gasteiger partial charge on any atom is -0.389 e. The lowest BCUT2D eigenvalue weighted by molar-refractivity contribution is 0.200. The summed E-state index contributed by atoms with van der Waals surface area (Å²) in [6, 6.07) is 18.0. The minimum absolute atomic E-state index is 0.461. The molecule has 0 fully saturated rings. The smallest absolute Gasteiger partial charge is 0.0782 e. The highest BCUT2D eigenvalue weighted by atomic mass is 16.3. The number of rotatable bonds is 3. The van der Waals surface area contributed by atoms with Gasteiger partial charge in [0.1, 0.15) is 0 Å². The molecule has 2 rings (SSSR count). The zero-order valence-electron chi connectivity index (χ0n) is 10.2. The Hall–Kier alpha value is -1.80. The van der Waals surface area contributed by atoms with Crippen molar-refractivity contribution in [3.63, 3.8) is 0 Å². The number of benzene rings is 2. The van der Waals surface area contributed by atoms with Gasteiger partial charge in [0.15, 0.2) is 0 Å². The van der Waals surface area contributed by atoms with Crippen LogP contribution in [0.25, 0.3) is 0 Å². The number of aliphatic hydroxyl groups excluding tert-OH is 1. The van der Waals surface area contributed by atoms with Crippen LogP contribution in [-0.4, -0.2) is 12.2 Å². The molecule has 0 amide bonds. The quantitative estimate of drug-likeness (QED) is 0.867. The van der Waals surface area contributed by atoms with E-state index in [0.29, 0.717) is 0 Å². The highest BCUT2D eigenvalue weighted by Crippen LogP contribution is 2.30. The van der Waals surface area contributed by atoms with E-state index in [-0.39, 0.29) is 0 Å². The van der Waals surface area contributed by atoms with Gasteiger partial charge in [0.05, 0.1) is 6.10 Å². The third kappa shape index (κ3) is 2.48. The van der Waals surface area contributed by atoms with Crippen LogP contribution in [0.5, 0.6) is 0 Å². The van der Waals surface area contributed by atoms with Gasteiger partial charge in [-0.25, -0.2) is 0 Å². The van der Waals surface area contributed by atoms with Crippen LogP contribution < -0.4 is 4.90 Å². The van der Waals surface area contributed by atoms with Crippen molar-refractivity contribution < 1.29 is 5.11 Å². The third-order valence-corrected chi connectivity index (χ3v) is 2.89. The number of hydrogen-bond acceptors (Lipinski definition) is 2. The number of hydrogen-bond donors (Lipinski definition) is 1. The molecule has 0 aromatic heterocycles. The Balaban J connectivity index is 2.41. The third-order valence-electron chi connectivity index (χ3n) is 2.89. The van der Waals surface area contributed by atoms with Gasteiger partial charge in [-0.05, 0) is 25.1 Å². The maximum atomic E-state index is 9.77. The average Bonchev–Trinajstić information content (AvgIpc) is 2.39. The topological polar surface area (TPSA) is 23.5 Å². The molecule has 0 heterocycles. The second-order valence-electron chi connectivity index (χ2n) is 4.13. The fourth-order valence-electron chi connectivity index (χ4n) is 1.94. The molecule has 0 spiro atoms. The minimum atomic E-state index is -0.461. The molecule has 2 heteroatoms. The molecule has 0 bridgehead atoms. The number of anilines is 2. The normalized spacial score (nSPS) is 12.2. The van der Waals surface area contributed by atoms with Crippen molar-refractivity contribution in [1.29, 1.82) is 0 Å². The molecular weight excluding hydrogens is 210 g/mol. The molecule has 1 atom stereocenters. The summed E-state index contributed by atoms with van der Waals surface area (Å²) in [6.07, 6.45) is -0.461. The summed E-state index contributed by atoms with van der Waals surface area (Å²) in [4.78, 5) is 2.09. The van der Waals surface area contributed by atoms with Crippen LogP contribution in [0.4, 0.5) is 11.4 Å². The summed E-state index contributed by atoms with van der Waals surface area (Å²) in [7, 11) is 2.01. The molecule has 0 saturated heterocycles. The highest BCUT2D eigenvalue weighted by Gasteiger charge is 2.11. The lowest BCUT2D eigenvalue weighted by Crippen LogP contribution is -2.12. The number of nitrogens with zero attached hydrogens (tertiary/aromatic N) is 1. The number of aliphatic hydroxyl groups is 1. The Morgan fingerprint density at radius 2 is 1.53 bits per heavy atom. The standard InChI is InChI=1S/C15H17NO/c1-12(17)14-10-6-7-11-15(14)16(2)13-8-4-3-5-9-13/h3-12,17H,1-2H3/t12-/m1/s1. The van der Waals surface area contributed by atoms with Crippen molar-refractivity contribution in [2.75, 3.05) is 11.9 Å². The lowest BCUT2D eigenvalue weighted by atomic mass is 10.1. The van der Waals surface area contributed by atoms with E-state index in [9.17, 15) is 5.11 Å². The molecule has 17 heavy (non-hydrogen) atoms. The summed E-state index contributed by atoms with van der Waals surface area (Å²) < 4.78 is 0. The van der Waals surface area contributed by atoms with E-state index < -0.39 is 6.10 Å². The molecular formula is C15H17NO. The first-order valence-electron chi connectivity index (χ1n) is 5.76. The summed E-state index contributed by atoms with van der Waals surface area (Å²) >= 11 is 0. The van der Waals surface area contributed by atoms with Crippen molar-refractivity contribution in [3.05, 3.63) is 60.2 Å². The summed E-state index contributed by atoms with van der Waals surface area (Å²) in [5.41, 5.74) is 3.09. The molecule has 0 aliphatic rings. The molecule has 0 aliphatic heterocycles. The fraction of sp³-hybridized carbons (Fsp3) is 0.200. The Bertz CT molecular complexity index is 479. The van der Waals surface area contributed by atoms with Crippen LogP contribution in [0.15, 0.2) is 54.6 Å². The van der Waals surface area contributed by atoms with E-state index in [0.717, 1.165) is 16.9 Å². The van der Waals surface area contributed by atoms with E-state index in [1.165, 1.54) is 0 Å². The van der Waals surface area contributed by atoms with Gasteiger partial charge in [-0.2, -0.15) is 0 Å². The lowest BCUT2D eigenvalue weighted by Gasteiger charge is -2.23. The van der Waals surface area contributed by atoms with Crippen molar-refractivity contribution in [2.24, 2.45) is 0 Å².